The van der Waals surface area contributed by atoms with Gasteiger partial charge in [0.05, 0.1) is 16.1 Å². The molecular weight excluding hydrogens is 288 g/mol. The standard InChI is InChI=1S/C14H12N4O2S/c15-10-4-6-11(7-5-10)21(19,20)18-13-3-1-2-12-14(13)17-9-8-16-12/h1-9,18H,15H2. The van der Waals surface area contributed by atoms with Crippen LogP contribution in [-0.2, 0) is 10.0 Å². The fourth-order valence-corrected chi connectivity index (χ4v) is 2.99. The molecule has 0 aliphatic carbocycles. The molecule has 0 bridgehead atoms. The Hall–Kier alpha value is -2.67. The van der Waals surface area contributed by atoms with E-state index in [1.165, 1.54) is 30.5 Å². The fourth-order valence-electron chi connectivity index (χ4n) is 1.93. The maximum absolute atomic E-state index is 12.4. The number of benzene rings is 2. The Bertz CT molecular complexity index is 887. The molecule has 6 nitrogen and oxygen atoms in total. The lowest BCUT2D eigenvalue weighted by Gasteiger charge is -2.09. The molecule has 0 spiro atoms. The van der Waals surface area contributed by atoms with Crippen molar-refractivity contribution < 1.29 is 8.42 Å². The van der Waals surface area contributed by atoms with Crippen LogP contribution in [0, 0.1) is 0 Å². The van der Waals surface area contributed by atoms with Gasteiger partial charge in [-0.3, -0.25) is 14.7 Å². The molecule has 0 fully saturated rings. The Kier molecular flexibility index (Phi) is 3.19. The predicted molar refractivity (Wildman–Crippen MR) is 81.2 cm³/mol. The van der Waals surface area contributed by atoms with Gasteiger partial charge in [-0.25, -0.2) is 8.42 Å². The number of para-hydroxylation sites is 1. The topological polar surface area (TPSA) is 98.0 Å². The quantitative estimate of drug-likeness (QED) is 0.721. The first-order valence-corrected chi connectivity index (χ1v) is 7.63. The van der Waals surface area contributed by atoms with Gasteiger partial charge in [-0.15, -0.1) is 0 Å². The molecule has 0 unspecified atom stereocenters. The first-order chi connectivity index (χ1) is 10.1. The molecule has 0 aliphatic rings. The number of nitrogen functional groups attached to an aromatic ring is 1. The van der Waals surface area contributed by atoms with Crippen molar-refractivity contribution in [2.24, 2.45) is 0 Å². The third kappa shape index (κ3) is 2.63. The highest BCUT2D eigenvalue weighted by Gasteiger charge is 2.15. The van der Waals surface area contributed by atoms with Crippen molar-refractivity contribution in [1.29, 1.82) is 0 Å². The van der Waals surface area contributed by atoms with E-state index in [1.54, 1.807) is 24.4 Å². The fraction of sp³-hybridized carbons (Fsp3) is 0. The summed E-state index contributed by atoms with van der Waals surface area (Å²) in [4.78, 5) is 8.44. The van der Waals surface area contributed by atoms with Gasteiger partial charge in [-0.2, -0.15) is 0 Å². The lowest BCUT2D eigenvalue weighted by atomic mass is 10.2. The lowest BCUT2D eigenvalue weighted by Crippen LogP contribution is -2.13. The Labute approximate surface area is 121 Å². The second kappa shape index (κ2) is 5.02. The summed E-state index contributed by atoms with van der Waals surface area (Å²) in [5.41, 5.74) is 7.57. The van der Waals surface area contributed by atoms with Crippen molar-refractivity contribution in [3.05, 3.63) is 54.9 Å². The van der Waals surface area contributed by atoms with Crippen LogP contribution >= 0.6 is 0 Å². The molecule has 21 heavy (non-hydrogen) atoms. The molecule has 7 heteroatoms. The van der Waals surface area contributed by atoms with E-state index in [0.29, 0.717) is 22.4 Å². The van der Waals surface area contributed by atoms with Gasteiger partial charge >= 0.3 is 0 Å². The number of hydrogen-bond acceptors (Lipinski definition) is 5. The normalized spacial score (nSPS) is 11.4. The minimum absolute atomic E-state index is 0.137. The van der Waals surface area contributed by atoms with Crippen molar-refractivity contribution in [3.8, 4) is 0 Å². The average Bonchev–Trinajstić information content (AvgIpc) is 2.48. The smallest absolute Gasteiger partial charge is 0.261 e. The summed E-state index contributed by atoms with van der Waals surface area (Å²) in [6.07, 6.45) is 3.07. The number of sulfonamides is 1. The predicted octanol–water partition coefficient (Wildman–Crippen LogP) is 2.01. The van der Waals surface area contributed by atoms with Crippen LogP contribution in [-0.4, -0.2) is 18.4 Å². The number of hydrogen-bond donors (Lipinski definition) is 2. The van der Waals surface area contributed by atoms with Crippen LogP contribution in [0.25, 0.3) is 11.0 Å². The monoisotopic (exact) mass is 300 g/mol. The molecule has 0 saturated carbocycles. The summed E-state index contributed by atoms with van der Waals surface area (Å²) in [5.74, 6) is 0. The Balaban J connectivity index is 2.03. The summed E-state index contributed by atoms with van der Waals surface area (Å²) in [7, 11) is -3.69. The van der Waals surface area contributed by atoms with Crippen molar-refractivity contribution in [1.82, 2.24) is 9.97 Å². The number of nitrogens with one attached hydrogen (secondary N) is 1. The average molecular weight is 300 g/mol. The van der Waals surface area contributed by atoms with Gasteiger partial charge in [-0.1, -0.05) is 6.07 Å². The summed E-state index contributed by atoms with van der Waals surface area (Å²) in [5, 5.41) is 0. The SMILES string of the molecule is Nc1ccc(S(=O)(=O)Nc2cccc3nccnc23)cc1. The van der Waals surface area contributed by atoms with Crippen LogP contribution < -0.4 is 10.5 Å². The van der Waals surface area contributed by atoms with Gasteiger partial charge < -0.3 is 5.73 Å². The summed E-state index contributed by atoms with van der Waals surface area (Å²) in [6, 6.07) is 11.1. The first kappa shape index (κ1) is 13.3. The van der Waals surface area contributed by atoms with Crippen LogP contribution in [0.1, 0.15) is 0 Å². The van der Waals surface area contributed by atoms with E-state index in [2.05, 4.69) is 14.7 Å². The molecule has 3 aromatic rings. The van der Waals surface area contributed by atoms with Crippen molar-refractivity contribution in [3.63, 3.8) is 0 Å². The van der Waals surface area contributed by atoms with Gasteiger partial charge in [0.1, 0.15) is 5.52 Å². The van der Waals surface area contributed by atoms with E-state index in [-0.39, 0.29) is 4.90 Å². The maximum atomic E-state index is 12.4. The molecule has 0 atom stereocenters. The van der Waals surface area contributed by atoms with Gasteiger partial charge in [-0.05, 0) is 36.4 Å². The zero-order valence-electron chi connectivity index (χ0n) is 10.9. The number of anilines is 2. The van der Waals surface area contributed by atoms with Crippen LogP contribution in [0.15, 0.2) is 59.8 Å². The third-order valence-corrected chi connectivity index (χ3v) is 4.31. The second-order valence-electron chi connectivity index (χ2n) is 4.40. The first-order valence-electron chi connectivity index (χ1n) is 6.14. The molecule has 0 saturated heterocycles. The highest BCUT2D eigenvalue weighted by Crippen LogP contribution is 2.22. The molecule has 1 heterocycles. The Morgan fingerprint density at radius 3 is 2.43 bits per heavy atom. The van der Waals surface area contributed by atoms with Crippen LogP contribution in [0.5, 0.6) is 0 Å². The molecule has 3 N–H and O–H groups in total. The van der Waals surface area contributed by atoms with Gasteiger partial charge in [0, 0.05) is 18.1 Å². The molecular formula is C14H12N4O2S. The minimum Gasteiger partial charge on any atom is -0.399 e. The molecule has 106 valence electrons. The van der Waals surface area contributed by atoms with Crippen LogP contribution in [0.4, 0.5) is 11.4 Å². The molecule has 0 amide bonds. The van der Waals surface area contributed by atoms with E-state index < -0.39 is 10.0 Å². The lowest BCUT2D eigenvalue weighted by molar-refractivity contribution is 0.601. The number of aromatic nitrogens is 2. The summed E-state index contributed by atoms with van der Waals surface area (Å²) >= 11 is 0. The summed E-state index contributed by atoms with van der Waals surface area (Å²) in [6.45, 7) is 0. The molecule has 0 aliphatic heterocycles. The van der Waals surface area contributed by atoms with E-state index in [4.69, 9.17) is 5.73 Å². The van der Waals surface area contributed by atoms with Crippen molar-refractivity contribution in [2.45, 2.75) is 4.90 Å². The minimum atomic E-state index is -3.69. The zero-order chi connectivity index (χ0) is 14.9. The molecule has 1 aromatic heterocycles. The highest BCUT2D eigenvalue weighted by atomic mass is 32.2. The molecule has 3 rings (SSSR count). The van der Waals surface area contributed by atoms with Gasteiger partial charge in [0.2, 0.25) is 0 Å². The highest BCUT2D eigenvalue weighted by molar-refractivity contribution is 7.92. The largest absolute Gasteiger partial charge is 0.399 e. The number of rotatable bonds is 3. The third-order valence-electron chi connectivity index (χ3n) is 2.93. The van der Waals surface area contributed by atoms with Crippen LogP contribution in [0.3, 0.4) is 0 Å². The van der Waals surface area contributed by atoms with Crippen molar-refractivity contribution >= 4 is 32.4 Å². The van der Waals surface area contributed by atoms with Gasteiger partial charge in [0.15, 0.2) is 0 Å². The number of nitrogens with two attached hydrogens (primary N) is 1. The number of fused-ring (bicyclic) bond motifs is 1. The van der Waals surface area contributed by atoms with E-state index in [1.807, 2.05) is 0 Å². The summed E-state index contributed by atoms with van der Waals surface area (Å²) < 4.78 is 27.2. The van der Waals surface area contributed by atoms with Gasteiger partial charge in [0.25, 0.3) is 10.0 Å². The van der Waals surface area contributed by atoms with Crippen molar-refractivity contribution in [2.75, 3.05) is 10.5 Å². The zero-order valence-corrected chi connectivity index (χ0v) is 11.7. The maximum Gasteiger partial charge on any atom is 0.261 e. The Morgan fingerprint density at radius 1 is 0.952 bits per heavy atom. The number of nitrogens with zero attached hydrogens (tertiary/aromatic N) is 2. The van der Waals surface area contributed by atoms with E-state index in [9.17, 15) is 8.42 Å². The molecule has 2 aromatic carbocycles. The van der Waals surface area contributed by atoms with E-state index >= 15 is 0 Å². The second-order valence-corrected chi connectivity index (χ2v) is 6.09. The molecule has 0 radical (unpaired) electrons. The Morgan fingerprint density at radius 2 is 1.67 bits per heavy atom. The van der Waals surface area contributed by atoms with E-state index in [0.717, 1.165) is 0 Å². The van der Waals surface area contributed by atoms with Crippen LogP contribution in [0.2, 0.25) is 0 Å².